The first-order valence-corrected chi connectivity index (χ1v) is 9.42. The Labute approximate surface area is 169 Å². The molecule has 0 amide bonds. The van der Waals surface area contributed by atoms with E-state index >= 15 is 0 Å². The number of likely N-dealkylation sites (N-methyl/N-ethyl adjacent to an activating group) is 1. The lowest BCUT2D eigenvalue weighted by Gasteiger charge is -2.33. The van der Waals surface area contributed by atoms with E-state index in [0.29, 0.717) is 36.0 Å². The molecule has 0 fully saturated rings. The van der Waals surface area contributed by atoms with Crippen LogP contribution in [0.15, 0.2) is 36.5 Å². The standard InChI is InChI=1S/C21H19F4N3O2/c1-27(19-7-2-12(10-26-19)21(23,24)25)14-4-6-18-16(9-14)15-8-13(22)3-5-17(15)28(18)11-20(29)30/h2-3,5,7-8,10,14H,4,6,9,11H2,1H3,(H,29,30). The normalized spacial score (nSPS) is 16.5. The molecule has 0 saturated heterocycles. The van der Waals surface area contributed by atoms with Crippen molar-refractivity contribution in [3.05, 3.63) is 59.2 Å². The van der Waals surface area contributed by atoms with Crippen molar-refractivity contribution in [1.29, 1.82) is 0 Å². The van der Waals surface area contributed by atoms with Crippen molar-refractivity contribution in [2.24, 2.45) is 0 Å². The molecule has 30 heavy (non-hydrogen) atoms. The van der Waals surface area contributed by atoms with Crippen LogP contribution in [0.5, 0.6) is 0 Å². The van der Waals surface area contributed by atoms with Gasteiger partial charge in [-0.3, -0.25) is 4.79 Å². The van der Waals surface area contributed by atoms with E-state index in [-0.39, 0.29) is 12.6 Å². The number of rotatable bonds is 4. The average molecular weight is 421 g/mol. The van der Waals surface area contributed by atoms with Gasteiger partial charge in [-0.2, -0.15) is 13.2 Å². The van der Waals surface area contributed by atoms with Crippen molar-refractivity contribution in [3.63, 3.8) is 0 Å². The molecule has 0 bridgehead atoms. The van der Waals surface area contributed by atoms with Gasteiger partial charge in [0.15, 0.2) is 0 Å². The number of hydrogen-bond donors (Lipinski definition) is 1. The molecule has 1 atom stereocenters. The van der Waals surface area contributed by atoms with Gasteiger partial charge in [-0.25, -0.2) is 9.37 Å². The second kappa shape index (κ2) is 7.30. The Morgan fingerprint density at radius 1 is 1.30 bits per heavy atom. The van der Waals surface area contributed by atoms with Gasteiger partial charge < -0.3 is 14.6 Å². The molecular weight excluding hydrogens is 402 g/mol. The van der Waals surface area contributed by atoms with E-state index in [1.165, 1.54) is 18.2 Å². The lowest BCUT2D eigenvalue weighted by atomic mass is 9.90. The van der Waals surface area contributed by atoms with Gasteiger partial charge in [0.1, 0.15) is 18.2 Å². The molecule has 2 aromatic heterocycles. The maximum Gasteiger partial charge on any atom is 0.417 e. The number of anilines is 1. The molecular formula is C21H19F4N3O2. The van der Waals surface area contributed by atoms with E-state index in [1.807, 2.05) is 4.90 Å². The zero-order valence-corrected chi connectivity index (χ0v) is 16.1. The highest BCUT2D eigenvalue weighted by Crippen LogP contribution is 2.35. The largest absolute Gasteiger partial charge is 0.480 e. The third-order valence-corrected chi connectivity index (χ3v) is 5.68. The summed E-state index contributed by atoms with van der Waals surface area (Å²) in [5, 5.41) is 9.95. The fraction of sp³-hybridized carbons (Fsp3) is 0.333. The molecule has 4 rings (SSSR count). The van der Waals surface area contributed by atoms with Crippen LogP contribution < -0.4 is 4.90 Å². The van der Waals surface area contributed by atoms with E-state index in [0.717, 1.165) is 23.5 Å². The summed E-state index contributed by atoms with van der Waals surface area (Å²) in [6, 6.07) is 6.58. The lowest BCUT2D eigenvalue weighted by Crippen LogP contribution is -2.37. The van der Waals surface area contributed by atoms with Crippen molar-refractivity contribution in [2.75, 3.05) is 11.9 Å². The van der Waals surface area contributed by atoms with Crippen LogP contribution in [0, 0.1) is 5.82 Å². The number of hydrogen-bond acceptors (Lipinski definition) is 3. The molecule has 9 heteroatoms. The summed E-state index contributed by atoms with van der Waals surface area (Å²) in [7, 11) is 1.77. The number of alkyl halides is 3. The minimum absolute atomic E-state index is 0.0612. The molecule has 0 spiro atoms. The third-order valence-electron chi connectivity index (χ3n) is 5.68. The van der Waals surface area contributed by atoms with Gasteiger partial charge in [0.05, 0.1) is 5.56 Å². The van der Waals surface area contributed by atoms with Gasteiger partial charge in [-0.15, -0.1) is 0 Å². The molecule has 0 aliphatic heterocycles. The predicted molar refractivity (Wildman–Crippen MR) is 103 cm³/mol. The number of carboxylic acids is 1. The molecule has 1 aliphatic rings. The molecule has 158 valence electrons. The monoisotopic (exact) mass is 421 g/mol. The Bertz CT molecular complexity index is 1110. The van der Waals surface area contributed by atoms with E-state index in [1.54, 1.807) is 17.7 Å². The van der Waals surface area contributed by atoms with E-state index in [2.05, 4.69) is 4.98 Å². The summed E-state index contributed by atoms with van der Waals surface area (Å²) < 4.78 is 54.0. The zero-order valence-electron chi connectivity index (χ0n) is 16.1. The SMILES string of the molecule is CN(c1ccc(C(F)(F)F)cn1)C1CCc2c(c3cc(F)ccc3n2CC(=O)O)C1. The smallest absolute Gasteiger partial charge is 0.417 e. The molecule has 1 aromatic carbocycles. The van der Waals surface area contributed by atoms with Crippen LogP contribution in [0.1, 0.15) is 23.2 Å². The molecule has 3 aromatic rings. The number of aliphatic carboxylic acids is 1. The van der Waals surface area contributed by atoms with Crippen molar-refractivity contribution in [1.82, 2.24) is 9.55 Å². The third kappa shape index (κ3) is 3.59. The number of pyridine rings is 1. The topological polar surface area (TPSA) is 58.4 Å². The van der Waals surface area contributed by atoms with E-state index in [4.69, 9.17) is 0 Å². The van der Waals surface area contributed by atoms with Crippen LogP contribution in [-0.2, 0) is 30.4 Å². The van der Waals surface area contributed by atoms with Gasteiger partial charge in [0, 0.05) is 35.9 Å². The van der Waals surface area contributed by atoms with Crippen LogP contribution >= 0.6 is 0 Å². The summed E-state index contributed by atoms with van der Waals surface area (Å²) in [6.45, 7) is -0.210. The van der Waals surface area contributed by atoms with Crippen LogP contribution in [0.25, 0.3) is 10.9 Å². The van der Waals surface area contributed by atoms with E-state index in [9.17, 15) is 27.5 Å². The van der Waals surface area contributed by atoms with E-state index < -0.39 is 23.5 Å². The number of carboxylic acid groups (broad SMARTS) is 1. The number of benzene rings is 1. The number of aromatic nitrogens is 2. The minimum atomic E-state index is -4.44. The second-order valence-corrected chi connectivity index (χ2v) is 7.48. The summed E-state index contributed by atoms with van der Waals surface area (Å²) in [5.41, 5.74) is 1.60. The molecule has 1 aliphatic carbocycles. The fourth-order valence-corrected chi connectivity index (χ4v) is 4.20. The van der Waals surface area contributed by atoms with Gasteiger partial charge in [0.2, 0.25) is 0 Å². The predicted octanol–water partition coefficient (Wildman–Crippen LogP) is 4.27. The highest BCUT2D eigenvalue weighted by atomic mass is 19.4. The fourth-order valence-electron chi connectivity index (χ4n) is 4.20. The van der Waals surface area contributed by atoms with Crippen LogP contribution in [0.4, 0.5) is 23.4 Å². The average Bonchev–Trinajstić information content (AvgIpc) is 2.99. The summed E-state index contributed by atoms with van der Waals surface area (Å²) >= 11 is 0. The number of fused-ring (bicyclic) bond motifs is 3. The van der Waals surface area contributed by atoms with Crippen molar-refractivity contribution in [2.45, 2.75) is 38.0 Å². The maximum absolute atomic E-state index is 13.9. The molecule has 0 radical (unpaired) electrons. The van der Waals surface area contributed by atoms with Crippen LogP contribution in [0.2, 0.25) is 0 Å². The van der Waals surface area contributed by atoms with Crippen LogP contribution in [-0.4, -0.2) is 33.7 Å². The van der Waals surface area contributed by atoms with Crippen LogP contribution in [0.3, 0.4) is 0 Å². The van der Waals surface area contributed by atoms with Gasteiger partial charge >= 0.3 is 12.1 Å². The maximum atomic E-state index is 13.9. The molecule has 0 saturated carbocycles. The lowest BCUT2D eigenvalue weighted by molar-refractivity contribution is -0.138. The first-order valence-electron chi connectivity index (χ1n) is 9.42. The highest BCUT2D eigenvalue weighted by Gasteiger charge is 2.32. The quantitative estimate of drug-likeness (QED) is 0.640. The van der Waals surface area contributed by atoms with Crippen molar-refractivity contribution in [3.8, 4) is 0 Å². The molecule has 5 nitrogen and oxygen atoms in total. The first-order chi connectivity index (χ1) is 14.1. The van der Waals surface area contributed by atoms with Gasteiger partial charge in [-0.05, 0) is 55.2 Å². The Morgan fingerprint density at radius 2 is 2.07 bits per heavy atom. The number of nitrogens with zero attached hydrogens (tertiary/aromatic N) is 3. The molecule has 1 unspecified atom stereocenters. The Morgan fingerprint density at radius 3 is 2.70 bits per heavy atom. The summed E-state index contributed by atoms with van der Waals surface area (Å²) in [4.78, 5) is 17.1. The first kappa shape index (κ1) is 20.2. The molecule has 1 N–H and O–H groups in total. The number of halogens is 4. The zero-order chi connectivity index (χ0) is 21.6. The van der Waals surface area contributed by atoms with Crippen molar-refractivity contribution >= 4 is 22.7 Å². The Kier molecular flexibility index (Phi) is 4.91. The number of carbonyl (C=O) groups is 1. The second-order valence-electron chi connectivity index (χ2n) is 7.48. The minimum Gasteiger partial charge on any atom is -0.480 e. The Balaban J connectivity index is 1.67. The highest BCUT2D eigenvalue weighted by molar-refractivity contribution is 5.87. The van der Waals surface area contributed by atoms with Gasteiger partial charge in [-0.1, -0.05) is 0 Å². The van der Waals surface area contributed by atoms with Gasteiger partial charge in [0.25, 0.3) is 0 Å². The summed E-state index contributed by atoms with van der Waals surface area (Å²) in [5.74, 6) is -0.971. The Hall–Kier alpha value is -3.10. The summed E-state index contributed by atoms with van der Waals surface area (Å²) in [6.07, 6.45) is -1.87. The molecule has 2 heterocycles. The van der Waals surface area contributed by atoms with Crippen molar-refractivity contribution < 1.29 is 27.5 Å².